The Morgan fingerprint density at radius 1 is 1.21 bits per heavy atom. The average Bonchev–Trinajstić information content (AvgIpc) is 3.35. The number of rotatable bonds is 6. The highest BCUT2D eigenvalue weighted by Gasteiger charge is 2.33. The van der Waals surface area contributed by atoms with E-state index in [0.29, 0.717) is 24.7 Å². The van der Waals surface area contributed by atoms with Crippen molar-refractivity contribution < 1.29 is 14.1 Å². The summed E-state index contributed by atoms with van der Waals surface area (Å²) in [4.78, 5) is 38.9. The van der Waals surface area contributed by atoms with Gasteiger partial charge in [0.05, 0.1) is 0 Å². The van der Waals surface area contributed by atoms with Crippen molar-refractivity contribution in [2.24, 2.45) is 0 Å². The van der Waals surface area contributed by atoms with Gasteiger partial charge in [0.1, 0.15) is 6.04 Å². The number of benzene rings is 1. The van der Waals surface area contributed by atoms with Crippen molar-refractivity contribution in [3.8, 4) is 11.6 Å². The molecule has 2 aromatic heterocycles. The van der Waals surface area contributed by atoms with Crippen molar-refractivity contribution in [3.05, 3.63) is 54.2 Å². The van der Waals surface area contributed by atoms with Gasteiger partial charge in [-0.25, -0.2) is 9.97 Å². The number of aromatic nitrogens is 4. The van der Waals surface area contributed by atoms with E-state index in [9.17, 15) is 9.59 Å². The van der Waals surface area contributed by atoms with Gasteiger partial charge in [0.25, 0.3) is 0 Å². The van der Waals surface area contributed by atoms with Crippen LogP contribution in [0.2, 0.25) is 0 Å². The second-order valence-electron chi connectivity index (χ2n) is 6.82. The molecule has 1 atom stereocenters. The third-order valence-electron chi connectivity index (χ3n) is 4.69. The van der Waals surface area contributed by atoms with Crippen molar-refractivity contribution >= 4 is 17.5 Å². The highest BCUT2D eigenvalue weighted by atomic mass is 16.5. The van der Waals surface area contributed by atoms with Gasteiger partial charge in [-0.3, -0.25) is 9.59 Å². The van der Waals surface area contributed by atoms with Gasteiger partial charge in [0, 0.05) is 37.5 Å². The topological polar surface area (TPSA) is 114 Å². The molecule has 9 nitrogen and oxygen atoms in total. The molecule has 148 valence electrons. The highest BCUT2D eigenvalue weighted by Crippen LogP contribution is 2.22. The van der Waals surface area contributed by atoms with E-state index in [1.165, 1.54) is 0 Å². The maximum Gasteiger partial charge on any atom is 0.249 e. The van der Waals surface area contributed by atoms with Gasteiger partial charge < -0.3 is 14.7 Å². The molecule has 2 amide bonds. The van der Waals surface area contributed by atoms with Crippen LogP contribution in [0, 0.1) is 6.92 Å². The van der Waals surface area contributed by atoms with Crippen molar-refractivity contribution in [2.75, 3.05) is 11.4 Å². The molecule has 0 spiro atoms. The lowest BCUT2D eigenvalue weighted by molar-refractivity contribution is -0.126. The largest absolute Gasteiger partial charge is 0.344 e. The molecule has 3 aromatic rings. The molecule has 1 unspecified atom stereocenters. The van der Waals surface area contributed by atoms with Crippen molar-refractivity contribution in [1.29, 1.82) is 0 Å². The number of nitrogens with one attached hydrogen (secondary N) is 1. The van der Waals surface area contributed by atoms with E-state index < -0.39 is 6.04 Å². The summed E-state index contributed by atoms with van der Waals surface area (Å²) >= 11 is 0. The van der Waals surface area contributed by atoms with Crippen LogP contribution in [-0.4, -0.2) is 44.5 Å². The highest BCUT2D eigenvalue weighted by molar-refractivity contribution is 6.01. The second kappa shape index (κ2) is 8.17. The molecule has 1 saturated heterocycles. The molecular weight excluding hydrogens is 372 g/mol. The number of amides is 2. The van der Waals surface area contributed by atoms with E-state index in [2.05, 4.69) is 25.4 Å². The van der Waals surface area contributed by atoms with Gasteiger partial charge >= 0.3 is 0 Å². The minimum atomic E-state index is -0.514. The molecule has 1 fully saturated rings. The van der Waals surface area contributed by atoms with Crippen LogP contribution in [0.1, 0.15) is 24.3 Å². The summed E-state index contributed by atoms with van der Waals surface area (Å²) in [5, 5.41) is 6.63. The Bertz CT molecular complexity index is 1000. The molecule has 1 aliphatic heterocycles. The van der Waals surface area contributed by atoms with Gasteiger partial charge in [-0.15, -0.1) is 0 Å². The van der Waals surface area contributed by atoms with Crippen molar-refractivity contribution in [3.63, 3.8) is 0 Å². The molecule has 29 heavy (non-hydrogen) atoms. The molecule has 1 aliphatic rings. The Morgan fingerprint density at radius 2 is 1.97 bits per heavy atom. The van der Waals surface area contributed by atoms with Gasteiger partial charge in [-0.05, 0) is 31.5 Å². The number of anilines is 1. The summed E-state index contributed by atoms with van der Waals surface area (Å²) in [5.41, 5.74) is 1.98. The first-order chi connectivity index (χ1) is 14.1. The van der Waals surface area contributed by atoms with Gasteiger partial charge in [0.2, 0.25) is 29.4 Å². The minimum absolute atomic E-state index is 0.0940. The summed E-state index contributed by atoms with van der Waals surface area (Å²) in [6, 6.07) is 8.95. The molecule has 0 saturated carbocycles. The van der Waals surface area contributed by atoms with E-state index in [-0.39, 0.29) is 30.5 Å². The first kappa shape index (κ1) is 18.7. The van der Waals surface area contributed by atoms with Gasteiger partial charge in [-0.1, -0.05) is 22.9 Å². The minimum Gasteiger partial charge on any atom is -0.344 e. The number of carbonyl (C=O) groups excluding carboxylic acids is 2. The van der Waals surface area contributed by atoms with E-state index in [0.717, 1.165) is 11.3 Å². The summed E-state index contributed by atoms with van der Waals surface area (Å²) in [6.07, 6.45) is 4.17. The van der Waals surface area contributed by atoms with E-state index >= 15 is 0 Å². The lowest BCUT2D eigenvalue weighted by atomic mass is 10.2. The molecule has 1 N–H and O–H groups in total. The molecular formula is C20H20N6O3. The Labute approximate surface area is 167 Å². The van der Waals surface area contributed by atoms with Crippen LogP contribution in [0.15, 0.2) is 47.2 Å². The van der Waals surface area contributed by atoms with Crippen LogP contribution < -0.4 is 10.2 Å². The standard InChI is InChI=1S/C20H20N6O3/c1-13-3-5-14(6-4-13)26-12-9-15(20(26)28)23-16(27)7-8-17-24-19(25-29-17)18-21-10-2-11-22-18/h2-6,10-11,15H,7-9,12H2,1H3,(H,23,27). The van der Waals surface area contributed by atoms with E-state index in [4.69, 9.17) is 4.52 Å². The van der Waals surface area contributed by atoms with Crippen LogP contribution in [0.5, 0.6) is 0 Å². The smallest absolute Gasteiger partial charge is 0.249 e. The third kappa shape index (κ3) is 4.29. The first-order valence-electron chi connectivity index (χ1n) is 9.37. The normalized spacial score (nSPS) is 16.2. The zero-order valence-corrected chi connectivity index (χ0v) is 15.9. The average molecular weight is 392 g/mol. The third-order valence-corrected chi connectivity index (χ3v) is 4.69. The summed E-state index contributed by atoms with van der Waals surface area (Å²) in [6.45, 7) is 2.58. The molecule has 3 heterocycles. The zero-order valence-electron chi connectivity index (χ0n) is 15.9. The number of aryl methyl sites for hydroxylation is 2. The van der Waals surface area contributed by atoms with Crippen LogP contribution in [0.3, 0.4) is 0 Å². The molecule has 0 bridgehead atoms. The summed E-state index contributed by atoms with van der Waals surface area (Å²) in [5.74, 6) is 0.635. The fourth-order valence-electron chi connectivity index (χ4n) is 3.14. The van der Waals surface area contributed by atoms with Crippen LogP contribution in [0.25, 0.3) is 11.6 Å². The number of hydrogen-bond acceptors (Lipinski definition) is 7. The zero-order chi connectivity index (χ0) is 20.2. The van der Waals surface area contributed by atoms with Crippen molar-refractivity contribution in [2.45, 2.75) is 32.2 Å². The fourth-order valence-corrected chi connectivity index (χ4v) is 3.14. The molecule has 0 aliphatic carbocycles. The monoisotopic (exact) mass is 392 g/mol. The predicted molar refractivity (Wildman–Crippen MR) is 104 cm³/mol. The SMILES string of the molecule is Cc1ccc(N2CCC(NC(=O)CCc3nc(-c4ncccn4)no3)C2=O)cc1. The Hall–Kier alpha value is -3.62. The Balaban J connectivity index is 1.30. The van der Waals surface area contributed by atoms with Crippen LogP contribution in [0.4, 0.5) is 5.69 Å². The lowest BCUT2D eigenvalue weighted by Gasteiger charge is -2.17. The number of carbonyl (C=O) groups is 2. The number of nitrogens with zero attached hydrogens (tertiary/aromatic N) is 5. The predicted octanol–water partition coefficient (Wildman–Crippen LogP) is 1.69. The maximum atomic E-state index is 12.6. The van der Waals surface area contributed by atoms with E-state index in [1.807, 2.05) is 31.2 Å². The molecule has 4 rings (SSSR count). The van der Waals surface area contributed by atoms with Gasteiger partial charge in [-0.2, -0.15) is 4.98 Å². The quantitative estimate of drug-likeness (QED) is 0.679. The maximum absolute atomic E-state index is 12.6. The number of hydrogen-bond donors (Lipinski definition) is 1. The van der Waals surface area contributed by atoms with E-state index in [1.54, 1.807) is 23.4 Å². The molecule has 0 radical (unpaired) electrons. The van der Waals surface area contributed by atoms with Gasteiger partial charge in [0.15, 0.2) is 0 Å². The van der Waals surface area contributed by atoms with Crippen LogP contribution >= 0.6 is 0 Å². The molecule has 1 aromatic carbocycles. The summed E-state index contributed by atoms with van der Waals surface area (Å²) in [7, 11) is 0. The first-order valence-corrected chi connectivity index (χ1v) is 9.37. The second-order valence-corrected chi connectivity index (χ2v) is 6.82. The Kier molecular flexibility index (Phi) is 5.28. The Morgan fingerprint density at radius 3 is 2.72 bits per heavy atom. The van der Waals surface area contributed by atoms with Crippen LogP contribution in [-0.2, 0) is 16.0 Å². The fraction of sp³-hybridized carbons (Fsp3) is 0.300. The summed E-state index contributed by atoms with van der Waals surface area (Å²) < 4.78 is 5.15. The molecule has 9 heteroatoms. The van der Waals surface area contributed by atoms with Crippen molar-refractivity contribution in [1.82, 2.24) is 25.4 Å². The lowest BCUT2D eigenvalue weighted by Crippen LogP contribution is -2.41.